The van der Waals surface area contributed by atoms with Gasteiger partial charge in [-0.3, -0.25) is 9.59 Å². The molecule has 1 saturated heterocycles. The van der Waals surface area contributed by atoms with E-state index in [0.717, 1.165) is 38.5 Å². The Morgan fingerprint density at radius 2 is 1.67 bits per heavy atom. The summed E-state index contributed by atoms with van der Waals surface area (Å²) in [6.07, 6.45) is 7.68. The van der Waals surface area contributed by atoms with Crippen molar-refractivity contribution in [2.45, 2.75) is 76.8 Å². The SMILES string of the molecule is CC1CC(C)CC(N2CCC(=O)NC3(CCCC3)C2=O)C1. The number of hydrogen-bond acceptors (Lipinski definition) is 2. The van der Waals surface area contributed by atoms with Crippen LogP contribution >= 0.6 is 0 Å². The van der Waals surface area contributed by atoms with Gasteiger partial charge in [0.15, 0.2) is 0 Å². The van der Waals surface area contributed by atoms with Gasteiger partial charge < -0.3 is 10.2 Å². The fourth-order valence-electron chi connectivity index (χ4n) is 4.81. The summed E-state index contributed by atoms with van der Waals surface area (Å²) in [7, 11) is 0. The van der Waals surface area contributed by atoms with Crippen molar-refractivity contribution < 1.29 is 9.59 Å². The van der Waals surface area contributed by atoms with Crippen LogP contribution in [0.4, 0.5) is 0 Å². The van der Waals surface area contributed by atoms with Gasteiger partial charge in [-0.05, 0) is 43.9 Å². The molecule has 3 aliphatic rings. The lowest BCUT2D eigenvalue weighted by Gasteiger charge is -2.41. The first-order chi connectivity index (χ1) is 10.00. The van der Waals surface area contributed by atoms with Crippen LogP contribution in [0.5, 0.6) is 0 Å². The molecule has 0 aromatic heterocycles. The topological polar surface area (TPSA) is 49.4 Å². The zero-order valence-corrected chi connectivity index (χ0v) is 13.4. The minimum absolute atomic E-state index is 0.0599. The molecule has 0 aromatic carbocycles. The third-order valence-electron chi connectivity index (χ3n) is 5.68. The van der Waals surface area contributed by atoms with Crippen LogP contribution in [-0.2, 0) is 9.59 Å². The molecule has 1 aliphatic heterocycles. The Bertz CT molecular complexity index is 419. The Hall–Kier alpha value is -1.06. The molecule has 118 valence electrons. The third-order valence-corrected chi connectivity index (χ3v) is 5.68. The molecule has 2 saturated carbocycles. The average Bonchev–Trinajstić information content (AvgIpc) is 2.82. The summed E-state index contributed by atoms with van der Waals surface area (Å²) >= 11 is 0. The number of carbonyl (C=O) groups excluding carboxylic acids is 2. The van der Waals surface area contributed by atoms with Crippen molar-refractivity contribution in [1.82, 2.24) is 10.2 Å². The van der Waals surface area contributed by atoms with E-state index in [0.29, 0.717) is 30.8 Å². The van der Waals surface area contributed by atoms with E-state index in [1.807, 2.05) is 0 Å². The summed E-state index contributed by atoms with van der Waals surface area (Å²) in [4.78, 5) is 27.3. The van der Waals surface area contributed by atoms with Crippen molar-refractivity contribution in [3.05, 3.63) is 0 Å². The van der Waals surface area contributed by atoms with Crippen molar-refractivity contribution in [1.29, 1.82) is 0 Å². The lowest BCUT2D eigenvalue weighted by molar-refractivity contribution is -0.141. The molecular weight excluding hydrogens is 264 g/mol. The number of nitrogens with zero attached hydrogens (tertiary/aromatic N) is 1. The Kier molecular flexibility index (Phi) is 3.98. The molecule has 4 heteroatoms. The smallest absolute Gasteiger partial charge is 0.248 e. The molecule has 21 heavy (non-hydrogen) atoms. The van der Waals surface area contributed by atoms with Gasteiger partial charge in [0.05, 0.1) is 0 Å². The second-order valence-electron chi connectivity index (χ2n) is 7.66. The van der Waals surface area contributed by atoms with Gasteiger partial charge in [0.1, 0.15) is 5.54 Å². The molecule has 3 fully saturated rings. The summed E-state index contributed by atoms with van der Waals surface area (Å²) in [5.74, 6) is 1.62. The second-order valence-corrected chi connectivity index (χ2v) is 7.66. The van der Waals surface area contributed by atoms with E-state index in [-0.39, 0.29) is 11.8 Å². The van der Waals surface area contributed by atoms with Crippen LogP contribution in [0.3, 0.4) is 0 Å². The van der Waals surface area contributed by atoms with Gasteiger partial charge in [-0.25, -0.2) is 0 Å². The number of nitrogens with one attached hydrogen (secondary N) is 1. The first kappa shape index (κ1) is 14.9. The molecular formula is C17H28N2O2. The Morgan fingerprint density at radius 1 is 1.05 bits per heavy atom. The van der Waals surface area contributed by atoms with Gasteiger partial charge >= 0.3 is 0 Å². The van der Waals surface area contributed by atoms with E-state index >= 15 is 0 Å². The van der Waals surface area contributed by atoms with Gasteiger partial charge in [-0.1, -0.05) is 26.7 Å². The number of amides is 2. The second kappa shape index (κ2) is 5.62. The average molecular weight is 292 g/mol. The first-order valence-corrected chi connectivity index (χ1v) is 8.62. The predicted octanol–water partition coefficient (Wildman–Crippen LogP) is 2.47. The van der Waals surface area contributed by atoms with E-state index in [9.17, 15) is 9.59 Å². The van der Waals surface area contributed by atoms with Crippen LogP contribution in [0.1, 0.15) is 65.2 Å². The van der Waals surface area contributed by atoms with E-state index in [1.54, 1.807) is 0 Å². The molecule has 2 amide bonds. The van der Waals surface area contributed by atoms with Gasteiger partial charge in [0.2, 0.25) is 11.8 Å². The normalized spacial score (nSPS) is 36.7. The number of hydrogen-bond donors (Lipinski definition) is 1. The van der Waals surface area contributed by atoms with Crippen molar-refractivity contribution in [2.24, 2.45) is 11.8 Å². The minimum Gasteiger partial charge on any atom is -0.342 e. The summed E-state index contributed by atoms with van der Waals surface area (Å²) in [6, 6.07) is 0.335. The minimum atomic E-state index is -0.572. The molecule has 1 heterocycles. The van der Waals surface area contributed by atoms with Crippen molar-refractivity contribution in [3.63, 3.8) is 0 Å². The maximum absolute atomic E-state index is 13.1. The molecule has 4 nitrogen and oxygen atoms in total. The molecule has 2 aliphatic carbocycles. The maximum atomic E-state index is 13.1. The lowest BCUT2D eigenvalue weighted by Crippen LogP contribution is -2.58. The monoisotopic (exact) mass is 292 g/mol. The van der Waals surface area contributed by atoms with Crippen molar-refractivity contribution >= 4 is 11.8 Å². The largest absolute Gasteiger partial charge is 0.342 e. The Morgan fingerprint density at radius 3 is 2.29 bits per heavy atom. The highest BCUT2D eigenvalue weighted by Crippen LogP contribution is 2.37. The highest BCUT2D eigenvalue weighted by atomic mass is 16.2. The van der Waals surface area contributed by atoms with Gasteiger partial charge in [0.25, 0.3) is 0 Å². The molecule has 0 radical (unpaired) electrons. The summed E-state index contributed by atoms with van der Waals surface area (Å²) < 4.78 is 0. The lowest BCUT2D eigenvalue weighted by atomic mass is 9.79. The van der Waals surface area contributed by atoms with Crippen LogP contribution in [0.25, 0.3) is 0 Å². The fraction of sp³-hybridized carbons (Fsp3) is 0.882. The maximum Gasteiger partial charge on any atom is 0.248 e. The Balaban J connectivity index is 1.83. The third kappa shape index (κ3) is 2.82. The van der Waals surface area contributed by atoms with Crippen molar-refractivity contribution in [2.75, 3.05) is 6.54 Å². The quantitative estimate of drug-likeness (QED) is 0.807. The molecule has 0 aromatic rings. The van der Waals surface area contributed by atoms with E-state index in [4.69, 9.17) is 0 Å². The van der Waals surface area contributed by atoms with Crippen molar-refractivity contribution in [3.8, 4) is 0 Å². The molecule has 3 rings (SSSR count). The summed E-state index contributed by atoms with van der Waals surface area (Å²) in [5.41, 5.74) is -0.572. The first-order valence-electron chi connectivity index (χ1n) is 8.62. The highest BCUT2D eigenvalue weighted by Gasteiger charge is 2.48. The molecule has 2 atom stereocenters. The van der Waals surface area contributed by atoms with Crippen LogP contribution < -0.4 is 5.32 Å². The number of rotatable bonds is 1. The number of carbonyl (C=O) groups is 2. The van der Waals surface area contributed by atoms with Gasteiger partial charge in [0, 0.05) is 19.0 Å². The highest BCUT2D eigenvalue weighted by molar-refractivity contribution is 5.94. The predicted molar refractivity (Wildman–Crippen MR) is 81.6 cm³/mol. The summed E-state index contributed by atoms with van der Waals surface area (Å²) in [5, 5.41) is 3.07. The van der Waals surface area contributed by atoms with Crippen LogP contribution in [0.15, 0.2) is 0 Å². The molecule has 1 N–H and O–H groups in total. The molecule has 2 unspecified atom stereocenters. The molecule has 0 bridgehead atoms. The fourth-order valence-corrected chi connectivity index (χ4v) is 4.81. The molecule has 1 spiro atoms. The van der Waals surface area contributed by atoms with Gasteiger partial charge in [-0.15, -0.1) is 0 Å². The zero-order chi connectivity index (χ0) is 15.0. The van der Waals surface area contributed by atoms with Crippen LogP contribution in [-0.4, -0.2) is 34.8 Å². The zero-order valence-electron chi connectivity index (χ0n) is 13.4. The van der Waals surface area contributed by atoms with Crippen LogP contribution in [0, 0.1) is 11.8 Å². The van der Waals surface area contributed by atoms with E-state index < -0.39 is 5.54 Å². The van der Waals surface area contributed by atoms with Gasteiger partial charge in [-0.2, -0.15) is 0 Å². The van der Waals surface area contributed by atoms with E-state index in [1.165, 1.54) is 6.42 Å². The Labute approximate surface area is 127 Å². The standard InChI is InChI=1S/C17H28N2O2/c1-12-9-13(2)11-14(10-12)19-8-5-15(20)18-17(16(19)21)6-3-4-7-17/h12-14H,3-11H2,1-2H3,(H,18,20). The summed E-state index contributed by atoms with van der Waals surface area (Å²) in [6.45, 7) is 5.19. The van der Waals surface area contributed by atoms with Crippen LogP contribution in [0.2, 0.25) is 0 Å². The van der Waals surface area contributed by atoms with E-state index in [2.05, 4.69) is 24.1 Å².